The number of anilines is 1. The standard InChI is InChI=1S/C11H12ClN5O2S/c12-7-20(18,19)14-9-3-1-2-8(6-9)11-13-15-16-17(11)10-4-5-10/h1-3,6,10,14H,4-5,7H2. The zero-order valence-corrected chi connectivity index (χ0v) is 12.0. The Morgan fingerprint density at radius 3 is 2.90 bits per heavy atom. The van der Waals surface area contributed by atoms with Crippen molar-refractivity contribution in [3.63, 3.8) is 0 Å². The lowest BCUT2D eigenvalue weighted by molar-refractivity contribution is 0.605. The molecule has 1 N–H and O–H groups in total. The van der Waals surface area contributed by atoms with Gasteiger partial charge in [0.05, 0.1) is 6.04 Å². The highest BCUT2D eigenvalue weighted by Gasteiger charge is 2.28. The first-order valence-electron chi connectivity index (χ1n) is 6.04. The molecule has 20 heavy (non-hydrogen) atoms. The Kier molecular flexibility index (Phi) is 3.35. The average Bonchev–Trinajstić information content (AvgIpc) is 3.16. The van der Waals surface area contributed by atoms with Gasteiger partial charge in [0.25, 0.3) is 0 Å². The van der Waals surface area contributed by atoms with Crippen molar-refractivity contribution in [3.05, 3.63) is 24.3 Å². The summed E-state index contributed by atoms with van der Waals surface area (Å²) in [4.78, 5) is 0. The molecule has 1 fully saturated rings. The van der Waals surface area contributed by atoms with E-state index in [0.29, 0.717) is 17.6 Å². The molecule has 3 rings (SSSR count). The quantitative estimate of drug-likeness (QED) is 0.847. The van der Waals surface area contributed by atoms with Crippen LogP contribution in [-0.2, 0) is 10.0 Å². The number of alkyl halides is 1. The number of nitrogens with one attached hydrogen (secondary N) is 1. The second-order valence-corrected chi connectivity index (χ2v) is 6.89. The number of hydrogen-bond acceptors (Lipinski definition) is 5. The molecule has 106 valence electrons. The number of tetrazole rings is 1. The lowest BCUT2D eigenvalue weighted by atomic mass is 10.2. The largest absolute Gasteiger partial charge is 0.283 e. The molecular weight excluding hydrogens is 302 g/mol. The molecule has 0 amide bonds. The van der Waals surface area contributed by atoms with Crippen LogP contribution in [0.15, 0.2) is 24.3 Å². The van der Waals surface area contributed by atoms with Crippen LogP contribution in [0.5, 0.6) is 0 Å². The summed E-state index contributed by atoms with van der Waals surface area (Å²) in [6.45, 7) is 0. The van der Waals surface area contributed by atoms with Crippen LogP contribution in [0.2, 0.25) is 0 Å². The van der Waals surface area contributed by atoms with Crippen LogP contribution < -0.4 is 4.72 Å². The van der Waals surface area contributed by atoms with Crippen molar-refractivity contribution in [3.8, 4) is 11.4 Å². The van der Waals surface area contributed by atoms with Gasteiger partial charge in [-0.1, -0.05) is 12.1 Å². The van der Waals surface area contributed by atoms with Gasteiger partial charge in [-0.3, -0.25) is 4.72 Å². The van der Waals surface area contributed by atoms with E-state index in [1.54, 1.807) is 22.9 Å². The predicted molar refractivity (Wildman–Crippen MR) is 74.8 cm³/mol. The van der Waals surface area contributed by atoms with E-state index in [4.69, 9.17) is 11.6 Å². The molecule has 1 aromatic carbocycles. The van der Waals surface area contributed by atoms with Crippen molar-refractivity contribution >= 4 is 27.3 Å². The summed E-state index contributed by atoms with van der Waals surface area (Å²) < 4.78 is 27.1. The van der Waals surface area contributed by atoms with E-state index in [0.717, 1.165) is 18.4 Å². The maximum atomic E-state index is 11.5. The second kappa shape index (κ2) is 5.02. The minimum atomic E-state index is -3.52. The highest BCUT2D eigenvalue weighted by Crippen LogP contribution is 2.36. The highest BCUT2D eigenvalue weighted by molar-refractivity contribution is 7.93. The van der Waals surface area contributed by atoms with Crippen molar-refractivity contribution in [2.45, 2.75) is 18.9 Å². The summed E-state index contributed by atoms with van der Waals surface area (Å²) in [5, 5.41) is 11.2. The van der Waals surface area contributed by atoms with Gasteiger partial charge in [-0.05, 0) is 35.4 Å². The van der Waals surface area contributed by atoms with Gasteiger partial charge < -0.3 is 0 Å². The van der Waals surface area contributed by atoms with Crippen molar-refractivity contribution < 1.29 is 8.42 Å². The van der Waals surface area contributed by atoms with Gasteiger partial charge in [0.15, 0.2) is 5.82 Å². The van der Waals surface area contributed by atoms with E-state index in [2.05, 4.69) is 20.2 Å². The topological polar surface area (TPSA) is 89.8 Å². The Morgan fingerprint density at radius 1 is 1.40 bits per heavy atom. The number of sulfonamides is 1. The maximum absolute atomic E-state index is 11.5. The Hall–Kier alpha value is -1.67. The summed E-state index contributed by atoms with van der Waals surface area (Å²) in [5.74, 6) is 0.638. The fourth-order valence-electron chi connectivity index (χ4n) is 1.88. The third-order valence-electron chi connectivity index (χ3n) is 2.92. The normalized spacial score (nSPS) is 15.2. The van der Waals surface area contributed by atoms with E-state index >= 15 is 0 Å². The molecule has 0 radical (unpaired) electrons. The van der Waals surface area contributed by atoms with Crippen LogP contribution in [0.25, 0.3) is 11.4 Å². The van der Waals surface area contributed by atoms with Gasteiger partial charge in [-0.25, -0.2) is 13.1 Å². The van der Waals surface area contributed by atoms with Gasteiger partial charge >= 0.3 is 0 Å². The van der Waals surface area contributed by atoms with Gasteiger partial charge in [-0.15, -0.1) is 16.7 Å². The molecule has 1 aromatic heterocycles. The second-order valence-electron chi connectivity index (χ2n) is 4.58. The van der Waals surface area contributed by atoms with Crippen molar-refractivity contribution in [1.29, 1.82) is 0 Å². The minimum absolute atomic E-state index is 0.350. The van der Waals surface area contributed by atoms with Gasteiger partial charge in [0.1, 0.15) is 5.21 Å². The van der Waals surface area contributed by atoms with Crippen molar-refractivity contribution in [2.75, 3.05) is 9.93 Å². The first-order valence-corrected chi connectivity index (χ1v) is 8.22. The SMILES string of the molecule is O=S(=O)(CCl)Nc1cccc(-c2nnnn2C2CC2)c1. The number of nitrogens with zero attached hydrogens (tertiary/aromatic N) is 4. The molecule has 0 bridgehead atoms. The molecule has 0 aliphatic heterocycles. The van der Waals surface area contributed by atoms with Crippen LogP contribution in [0.1, 0.15) is 18.9 Å². The fraction of sp³-hybridized carbons (Fsp3) is 0.364. The summed E-state index contributed by atoms with van der Waals surface area (Å²) in [6.07, 6.45) is 2.13. The monoisotopic (exact) mass is 313 g/mol. The van der Waals surface area contributed by atoms with Gasteiger partial charge in [0, 0.05) is 11.3 Å². The molecule has 0 saturated heterocycles. The minimum Gasteiger partial charge on any atom is -0.283 e. The van der Waals surface area contributed by atoms with Gasteiger partial charge in [-0.2, -0.15) is 0 Å². The predicted octanol–water partition coefficient (Wildman–Crippen LogP) is 1.61. The van der Waals surface area contributed by atoms with E-state index in [9.17, 15) is 8.42 Å². The van der Waals surface area contributed by atoms with Crippen LogP contribution >= 0.6 is 11.6 Å². The van der Waals surface area contributed by atoms with Gasteiger partial charge in [0.2, 0.25) is 10.0 Å². The highest BCUT2D eigenvalue weighted by atomic mass is 35.5. The lowest BCUT2D eigenvalue weighted by Gasteiger charge is -2.07. The van der Waals surface area contributed by atoms with E-state index in [-0.39, 0.29) is 0 Å². The summed E-state index contributed by atoms with van der Waals surface area (Å²) >= 11 is 5.37. The summed E-state index contributed by atoms with van der Waals surface area (Å²) in [6, 6.07) is 7.27. The van der Waals surface area contributed by atoms with Crippen molar-refractivity contribution in [2.24, 2.45) is 0 Å². The van der Waals surface area contributed by atoms with E-state index < -0.39 is 15.2 Å². The number of benzene rings is 1. The number of halogens is 1. The first kappa shape index (κ1) is 13.3. The molecule has 9 heteroatoms. The zero-order chi connectivity index (χ0) is 14.2. The Morgan fingerprint density at radius 2 is 2.20 bits per heavy atom. The smallest absolute Gasteiger partial charge is 0.246 e. The molecule has 1 aliphatic carbocycles. The lowest BCUT2D eigenvalue weighted by Crippen LogP contribution is -2.13. The zero-order valence-electron chi connectivity index (χ0n) is 10.4. The molecule has 1 heterocycles. The number of hydrogen-bond donors (Lipinski definition) is 1. The average molecular weight is 314 g/mol. The number of rotatable bonds is 5. The summed E-state index contributed by atoms with van der Waals surface area (Å²) in [5.41, 5.74) is 1.20. The fourth-order valence-corrected chi connectivity index (χ4v) is 2.58. The molecule has 1 saturated carbocycles. The van der Waals surface area contributed by atoms with Crippen molar-refractivity contribution in [1.82, 2.24) is 20.2 Å². The molecule has 2 aromatic rings. The van der Waals surface area contributed by atoms with E-state index in [1.165, 1.54) is 0 Å². The molecule has 7 nitrogen and oxygen atoms in total. The molecule has 0 unspecified atom stereocenters. The Labute approximate surface area is 121 Å². The first-order chi connectivity index (χ1) is 9.59. The molecule has 0 atom stereocenters. The Balaban J connectivity index is 1.93. The molecule has 0 spiro atoms. The third-order valence-corrected chi connectivity index (χ3v) is 4.62. The van der Waals surface area contributed by atoms with Crippen LogP contribution in [0, 0.1) is 0 Å². The van der Waals surface area contributed by atoms with Crippen LogP contribution in [-0.4, -0.2) is 33.8 Å². The Bertz CT molecular complexity index is 726. The van der Waals surface area contributed by atoms with E-state index in [1.807, 2.05) is 6.07 Å². The van der Waals surface area contributed by atoms with Crippen LogP contribution in [0.3, 0.4) is 0 Å². The molecule has 1 aliphatic rings. The summed E-state index contributed by atoms with van der Waals surface area (Å²) in [7, 11) is -3.52. The molecular formula is C11H12ClN5O2S. The third kappa shape index (κ3) is 2.75. The van der Waals surface area contributed by atoms with Crippen LogP contribution in [0.4, 0.5) is 5.69 Å². The maximum Gasteiger partial charge on any atom is 0.246 e. The number of aromatic nitrogens is 4.